The summed E-state index contributed by atoms with van der Waals surface area (Å²) in [5, 5.41) is 42.5. The zero-order valence-electron chi connectivity index (χ0n) is 16.8. The van der Waals surface area contributed by atoms with E-state index >= 15 is 0 Å². The van der Waals surface area contributed by atoms with E-state index in [4.69, 9.17) is 4.74 Å². The van der Waals surface area contributed by atoms with E-state index in [9.17, 15) is 30.4 Å². The lowest BCUT2D eigenvalue weighted by Gasteiger charge is -2.32. The first-order valence-electron chi connectivity index (χ1n) is 9.37. The summed E-state index contributed by atoms with van der Waals surface area (Å²) in [4.78, 5) is 21.4. The summed E-state index contributed by atoms with van der Waals surface area (Å²) in [5.41, 5.74) is -0.508. The van der Waals surface area contributed by atoms with Crippen LogP contribution in [0.25, 0.3) is 0 Å². The van der Waals surface area contributed by atoms with Crippen LogP contribution in [0, 0.1) is 20.2 Å². The number of nitrogens with zero attached hydrogens (tertiary/aromatic N) is 2. The highest BCUT2D eigenvalue weighted by Gasteiger charge is 2.35. The molecular weight excluding hydrogens is 404 g/mol. The molecule has 0 heterocycles. The molecule has 0 saturated heterocycles. The highest BCUT2D eigenvalue weighted by Crippen LogP contribution is 2.44. The van der Waals surface area contributed by atoms with E-state index in [1.165, 1.54) is 36.4 Å². The molecule has 0 aliphatic carbocycles. The lowest BCUT2D eigenvalue weighted by atomic mass is 9.71. The summed E-state index contributed by atoms with van der Waals surface area (Å²) >= 11 is 0. The Morgan fingerprint density at radius 2 is 1.23 bits per heavy atom. The minimum atomic E-state index is -1.08. The van der Waals surface area contributed by atoms with Crippen molar-refractivity contribution in [2.45, 2.75) is 19.3 Å². The summed E-state index contributed by atoms with van der Waals surface area (Å²) in [6.07, 6.45) is 0. The number of nitro benzene ring substituents is 2. The maximum Gasteiger partial charge on any atom is 0.311 e. The van der Waals surface area contributed by atoms with Crippen LogP contribution >= 0.6 is 0 Å². The van der Waals surface area contributed by atoms with Crippen LogP contribution in [0.5, 0.6) is 17.2 Å². The summed E-state index contributed by atoms with van der Waals surface area (Å²) in [6.45, 7) is 4.09. The van der Waals surface area contributed by atoms with Gasteiger partial charge in [-0.15, -0.1) is 0 Å². The number of phenols is 2. The van der Waals surface area contributed by atoms with E-state index < -0.39 is 38.1 Å². The third-order valence-electron chi connectivity index (χ3n) is 5.24. The molecule has 0 unspecified atom stereocenters. The van der Waals surface area contributed by atoms with Gasteiger partial charge in [0, 0.05) is 17.5 Å². The molecular formula is C22H20N2O7. The van der Waals surface area contributed by atoms with Crippen molar-refractivity contribution in [1.82, 2.24) is 0 Å². The second-order valence-corrected chi connectivity index (χ2v) is 7.00. The van der Waals surface area contributed by atoms with Gasteiger partial charge in [-0.1, -0.05) is 24.3 Å². The molecule has 0 fully saturated rings. The SMILES string of the molecule is CCOc1ccc(C(C)(c2ccc(O)c([N+](=O)[O-])c2)c2ccc(O)c([N+](=O)[O-])c2)cc1. The average molecular weight is 424 g/mol. The van der Waals surface area contributed by atoms with Gasteiger partial charge in [0.25, 0.3) is 0 Å². The predicted octanol–water partition coefficient (Wildman–Crippen LogP) is 4.67. The monoisotopic (exact) mass is 424 g/mol. The summed E-state index contributed by atoms with van der Waals surface area (Å²) < 4.78 is 5.47. The number of rotatable bonds is 7. The summed E-state index contributed by atoms with van der Waals surface area (Å²) in [5.74, 6) is -0.346. The zero-order valence-corrected chi connectivity index (χ0v) is 16.8. The standard InChI is InChI=1S/C22H20N2O7/c1-3-31-17-8-4-14(5-9-17)22(2,15-6-10-20(25)18(12-15)23(27)28)16-7-11-21(26)19(13-16)24(29)30/h4-13,25-26H,3H2,1-2H3. The molecule has 9 heteroatoms. The summed E-state index contributed by atoms with van der Waals surface area (Å²) in [7, 11) is 0. The number of nitro groups is 2. The molecule has 0 radical (unpaired) electrons. The van der Waals surface area contributed by atoms with E-state index in [2.05, 4.69) is 0 Å². The molecule has 0 aliphatic heterocycles. The van der Waals surface area contributed by atoms with Gasteiger partial charge in [-0.2, -0.15) is 0 Å². The van der Waals surface area contributed by atoms with Gasteiger partial charge in [-0.3, -0.25) is 20.2 Å². The van der Waals surface area contributed by atoms with Crippen molar-refractivity contribution < 1.29 is 24.8 Å². The first-order chi connectivity index (χ1) is 14.7. The number of benzene rings is 3. The molecule has 0 aromatic heterocycles. The lowest BCUT2D eigenvalue weighted by Crippen LogP contribution is -2.25. The lowest BCUT2D eigenvalue weighted by molar-refractivity contribution is -0.386. The van der Waals surface area contributed by atoms with Crippen LogP contribution in [-0.2, 0) is 5.41 Å². The van der Waals surface area contributed by atoms with E-state index in [0.29, 0.717) is 29.0 Å². The molecule has 2 N–H and O–H groups in total. The molecule has 0 saturated carbocycles. The number of hydrogen-bond acceptors (Lipinski definition) is 7. The first-order valence-corrected chi connectivity index (χ1v) is 9.37. The number of aromatic hydroxyl groups is 2. The molecule has 0 amide bonds. The molecule has 0 aliphatic rings. The Bertz CT molecular complexity index is 1080. The van der Waals surface area contributed by atoms with Gasteiger partial charge in [-0.05, 0) is 54.8 Å². The molecule has 31 heavy (non-hydrogen) atoms. The third kappa shape index (κ3) is 3.97. The quantitative estimate of drug-likeness (QED) is 0.319. The van der Waals surface area contributed by atoms with Gasteiger partial charge in [0.05, 0.1) is 16.5 Å². The van der Waals surface area contributed by atoms with Crippen LogP contribution in [0.4, 0.5) is 11.4 Å². The van der Waals surface area contributed by atoms with Gasteiger partial charge in [0.1, 0.15) is 5.75 Å². The van der Waals surface area contributed by atoms with Crippen LogP contribution in [0.1, 0.15) is 30.5 Å². The maximum absolute atomic E-state index is 11.4. The van der Waals surface area contributed by atoms with Gasteiger partial charge >= 0.3 is 11.4 Å². The fraction of sp³-hybridized carbons (Fsp3) is 0.182. The maximum atomic E-state index is 11.4. The van der Waals surface area contributed by atoms with Gasteiger partial charge in [-0.25, -0.2) is 0 Å². The van der Waals surface area contributed by atoms with Crippen molar-refractivity contribution in [3.8, 4) is 17.2 Å². The van der Waals surface area contributed by atoms with Crippen LogP contribution in [0.3, 0.4) is 0 Å². The van der Waals surface area contributed by atoms with Gasteiger partial charge < -0.3 is 14.9 Å². The van der Waals surface area contributed by atoms with Crippen molar-refractivity contribution >= 4 is 11.4 Å². The normalized spacial score (nSPS) is 11.2. The molecule has 0 atom stereocenters. The summed E-state index contributed by atoms with van der Waals surface area (Å²) in [6, 6.07) is 15.0. The van der Waals surface area contributed by atoms with Crippen LogP contribution in [0.2, 0.25) is 0 Å². The Balaban J connectivity index is 2.29. The van der Waals surface area contributed by atoms with Crippen LogP contribution < -0.4 is 4.74 Å². The van der Waals surface area contributed by atoms with Crippen molar-refractivity contribution in [2.75, 3.05) is 6.61 Å². The number of phenolic OH excluding ortho intramolecular Hbond substituents is 2. The molecule has 0 spiro atoms. The second kappa shape index (κ2) is 8.31. The molecule has 9 nitrogen and oxygen atoms in total. The second-order valence-electron chi connectivity index (χ2n) is 7.00. The minimum absolute atomic E-state index is 0.432. The van der Waals surface area contributed by atoms with E-state index in [1.54, 1.807) is 31.2 Å². The highest BCUT2D eigenvalue weighted by atomic mass is 16.6. The van der Waals surface area contributed by atoms with Gasteiger partial charge in [0.15, 0.2) is 11.5 Å². The van der Waals surface area contributed by atoms with Crippen LogP contribution in [0.15, 0.2) is 60.7 Å². The predicted molar refractivity (Wildman–Crippen MR) is 113 cm³/mol. The Hall–Kier alpha value is -4.14. The molecule has 3 aromatic rings. The van der Waals surface area contributed by atoms with E-state index in [1.807, 2.05) is 6.92 Å². The fourth-order valence-electron chi connectivity index (χ4n) is 3.51. The van der Waals surface area contributed by atoms with Crippen molar-refractivity contribution in [3.05, 3.63) is 97.6 Å². The average Bonchev–Trinajstić information content (AvgIpc) is 2.74. The molecule has 3 rings (SSSR count). The molecule has 160 valence electrons. The zero-order chi connectivity index (χ0) is 22.8. The Morgan fingerprint density at radius 3 is 1.61 bits per heavy atom. The van der Waals surface area contributed by atoms with Crippen molar-refractivity contribution in [3.63, 3.8) is 0 Å². The van der Waals surface area contributed by atoms with E-state index in [0.717, 1.165) is 0 Å². The topological polar surface area (TPSA) is 136 Å². The Kier molecular flexibility index (Phi) is 5.78. The fourth-order valence-corrected chi connectivity index (χ4v) is 3.51. The van der Waals surface area contributed by atoms with Crippen molar-refractivity contribution in [2.24, 2.45) is 0 Å². The highest BCUT2D eigenvalue weighted by molar-refractivity contribution is 5.59. The number of hydrogen-bond donors (Lipinski definition) is 2. The van der Waals surface area contributed by atoms with Crippen LogP contribution in [-0.4, -0.2) is 26.7 Å². The Labute approximate surface area is 177 Å². The van der Waals surface area contributed by atoms with Crippen molar-refractivity contribution in [1.29, 1.82) is 0 Å². The van der Waals surface area contributed by atoms with Gasteiger partial charge in [0.2, 0.25) is 0 Å². The third-order valence-corrected chi connectivity index (χ3v) is 5.24. The first kappa shape index (κ1) is 21.6. The molecule has 3 aromatic carbocycles. The number of ether oxygens (including phenoxy) is 1. The minimum Gasteiger partial charge on any atom is -0.502 e. The smallest absolute Gasteiger partial charge is 0.311 e. The van der Waals surface area contributed by atoms with E-state index in [-0.39, 0.29) is 0 Å². The molecule has 0 bridgehead atoms. The largest absolute Gasteiger partial charge is 0.502 e. The Morgan fingerprint density at radius 1 is 0.806 bits per heavy atom.